The molecular weight excluding hydrogens is 390 g/mol. The van der Waals surface area contributed by atoms with Gasteiger partial charge in [0.25, 0.3) is 0 Å². The molecule has 1 amide bonds. The minimum atomic E-state index is -1.08. The first-order valence-corrected chi connectivity index (χ1v) is 8.34. The molecule has 132 valence electrons. The molecule has 2 N–H and O–H groups in total. The highest BCUT2D eigenvalue weighted by molar-refractivity contribution is 9.10. The highest BCUT2D eigenvalue weighted by atomic mass is 79.9. The van der Waals surface area contributed by atoms with Crippen LogP contribution >= 0.6 is 15.9 Å². The molecule has 0 aliphatic heterocycles. The number of hydrogen-bond acceptors (Lipinski definition) is 4. The van der Waals surface area contributed by atoms with Crippen LogP contribution in [0, 0.1) is 11.3 Å². The number of aromatic carboxylic acids is 1. The smallest absolute Gasteiger partial charge is 0.407 e. The van der Waals surface area contributed by atoms with Crippen molar-refractivity contribution in [2.75, 3.05) is 6.54 Å². The molecule has 0 saturated heterocycles. The van der Waals surface area contributed by atoms with Gasteiger partial charge >= 0.3 is 12.1 Å². The van der Waals surface area contributed by atoms with Crippen LogP contribution in [-0.2, 0) is 11.3 Å². The van der Waals surface area contributed by atoms with E-state index in [-0.39, 0.29) is 18.8 Å². The Morgan fingerprint density at radius 1 is 1.36 bits per heavy atom. The normalized spacial score (nSPS) is 11.2. The zero-order valence-electron chi connectivity index (χ0n) is 14.1. The summed E-state index contributed by atoms with van der Waals surface area (Å²) in [6.45, 7) is 5.73. The maximum absolute atomic E-state index is 11.7. The summed E-state index contributed by atoms with van der Waals surface area (Å²) in [6, 6.07) is 6.81. The summed E-state index contributed by atoms with van der Waals surface area (Å²) in [6.07, 6.45) is -0.563. The molecular formula is C17H18BrN3O4. The Bertz CT molecular complexity index is 875. The molecule has 0 radical (unpaired) electrons. The van der Waals surface area contributed by atoms with E-state index in [9.17, 15) is 14.7 Å². The maximum atomic E-state index is 11.7. The van der Waals surface area contributed by atoms with Gasteiger partial charge in [0.15, 0.2) is 0 Å². The molecule has 2 rings (SSSR count). The van der Waals surface area contributed by atoms with Crippen LogP contribution < -0.4 is 5.32 Å². The van der Waals surface area contributed by atoms with Crippen LogP contribution in [-0.4, -0.2) is 33.9 Å². The van der Waals surface area contributed by atoms with Gasteiger partial charge in [-0.2, -0.15) is 5.26 Å². The average molecular weight is 408 g/mol. The van der Waals surface area contributed by atoms with Gasteiger partial charge in [-0.1, -0.05) is 0 Å². The minimum Gasteiger partial charge on any atom is -0.477 e. The van der Waals surface area contributed by atoms with E-state index in [1.54, 1.807) is 37.5 Å². The fraction of sp³-hybridized carbons (Fsp3) is 0.353. The zero-order valence-corrected chi connectivity index (χ0v) is 15.7. The fourth-order valence-corrected chi connectivity index (χ4v) is 3.11. The highest BCUT2D eigenvalue weighted by Gasteiger charge is 2.19. The molecule has 8 heteroatoms. The Labute approximate surface area is 153 Å². The number of ether oxygens (including phenoxy) is 1. The lowest BCUT2D eigenvalue weighted by molar-refractivity contribution is 0.0526. The number of hydrogen-bond donors (Lipinski definition) is 2. The number of carbonyl (C=O) groups excluding carboxylic acids is 1. The van der Waals surface area contributed by atoms with Crippen molar-refractivity contribution in [2.45, 2.75) is 32.9 Å². The topological polar surface area (TPSA) is 104 Å². The number of carboxylic acids is 1. The zero-order chi connectivity index (χ0) is 18.8. The van der Waals surface area contributed by atoms with E-state index >= 15 is 0 Å². The van der Waals surface area contributed by atoms with Gasteiger partial charge in [0, 0.05) is 22.9 Å². The summed E-state index contributed by atoms with van der Waals surface area (Å²) in [4.78, 5) is 23.2. The number of fused-ring (bicyclic) bond motifs is 1. The molecule has 25 heavy (non-hydrogen) atoms. The van der Waals surface area contributed by atoms with Crippen molar-refractivity contribution in [2.24, 2.45) is 0 Å². The molecule has 0 aliphatic rings. The molecule has 0 bridgehead atoms. The van der Waals surface area contributed by atoms with E-state index in [4.69, 9.17) is 10.00 Å². The van der Waals surface area contributed by atoms with E-state index in [1.807, 2.05) is 6.07 Å². The van der Waals surface area contributed by atoms with Gasteiger partial charge in [-0.25, -0.2) is 9.59 Å². The number of nitrogens with zero attached hydrogens (tertiary/aromatic N) is 2. The second kappa shape index (κ2) is 7.15. The SMILES string of the molecule is CC(C)(C)OC(=O)NCCn1c(C(=O)O)cc2cc(C#N)cc(Br)c21. The Hall–Kier alpha value is -2.53. The van der Waals surface area contributed by atoms with Gasteiger partial charge < -0.3 is 19.7 Å². The van der Waals surface area contributed by atoms with Gasteiger partial charge in [0.2, 0.25) is 0 Å². The second-order valence-corrected chi connectivity index (χ2v) is 7.28. The van der Waals surface area contributed by atoms with Crippen LogP contribution in [0.4, 0.5) is 4.79 Å². The molecule has 7 nitrogen and oxygen atoms in total. The summed E-state index contributed by atoms with van der Waals surface area (Å²) < 4.78 is 7.36. The second-order valence-electron chi connectivity index (χ2n) is 6.42. The van der Waals surface area contributed by atoms with Crippen molar-refractivity contribution < 1.29 is 19.4 Å². The van der Waals surface area contributed by atoms with Gasteiger partial charge in [-0.15, -0.1) is 0 Å². The third-order valence-corrected chi connectivity index (χ3v) is 3.90. The third kappa shape index (κ3) is 4.51. The van der Waals surface area contributed by atoms with Gasteiger partial charge in [0.05, 0.1) is 17.1 Å². The number of nitriles is 1. The summed E-state index contributed by atoms with van der Waals surface area (Å²) in [5, 5.41) is 21.7. The molecule has 0 aliphatic carbocycles. The Kier molecular flexibility index (Phi) is 5.38. The number of carbonyl (C=O) groups is 2. The van der Waals surface area contributed by atoms with Crippen LogP contribution in [0.5, 0.6) is 0 Å². The summed E-state index contributed by atoms with van der Waals surface area (Å²) >= 11 is 3.39. The predicted molar refractivity (Wildman–Crippen MR) is 95.5 cm³/mol. The Morgan fingerprint density at radius 3 is 2.60 bits per heavy atom. The molecule has 2 aromatic rings. The predicted octanol–water partition coefficient (Wildman–Crippen LogP) is 3.50. The Balaban J connectivity index is 2.27. The van der Waals surface area contributed by atoms with Crippen molar-refractivity contribution >= 4 is 38.9 Å². The minimum absolute atomic E-state index is 0.0804. The fourth-order valence-electron chi connectivity index (χ4n) is 2.42. The number of amides is 1. The van der Waals surface area contributed by atoms with Crippen LogP contribution in [0.3, 0.4) is 0 Å². The first-order chi connectivity index (χ1) is 11.6. The molecule has 0 unspecified atom stereocenters. The van der Waals surface area contributed by atoms with Crippen LogP contribution in [0.15, 0.2) is 22.7 Å². The van der Waals surface area contributed by atoms with E-state index in [1.165, 1.54) is 6.07 Å². The van der Waals surface area contributed by atoms with Crippen LogP contribution in [0.2, 0.25) is 0 Å². The highest BCUT2D eigenvalue weighted by Crippen LogP contribution is 2.29. The molecule has 1 aromatic carbocycles. The number of benzene rings is 1. The average Bonchev–Trinajstić information content (AvgIpc) is 2.84. The number of aromatic nitrogens is 1. The number of halogens is 1. The largest absolute Gasteiger partial charge is 0.477 e. The van der Waals surface area contributed by atoms with Gasteiger partial charge in [0.1, 0.15) is 11.3 Å². The van der Waals surface area contributed by atoms with E-state index in [2.05, 4.69) is 21.2 Å². The summed E-state index contributed by atoms with van der Waals surface area (Å²) in [5.41, 5.74) is 0.562. The summed E-state index contributed by atoms with van der Waals surface area (Å²) in [5.74, 6) is -1.08. The number of alkyl carbamates (subject to hydrolysis) is 1. The third-order valence-electron chi connectivity index (χ3n) is 3.30. The number of rotatable bonds is 4. The molecule has 0 saturated carbocycles. The van der Waals surface area contributed by atoms with Crippen molar-refractivity contribution in [1.29, 1.82) is 5.26 Å². The van der Waals surface area contributed by atoms with Crippen molar-refractivity contribution in [3.05, 3.63) is 33.9 Å². The molecule has 0 atom stereocenters. The number of nitrogens with one attached hydrogen (secondary N) is 1. The maximum Gasteiger partial charge on any atom is 0.407 e. The van der Waals surface area contributed by atoms with Crippen molar-refractivity contribution in [1.82, 2.24) is 9.88 Å². The van der Waals surface area contributed by atoms with Crippen LogP contribution in [0.1, 0.15) is 36.8 Å². The van der Waals surface area contributed by atoms with E-state index in [0.717, 1.165) is 0 Å². The molecule has 1 heterocycles. The lowest BCUT2D eigenvalue weighted by Gasteiger charge is -2.20. The van der Waals surface area contributed by atoms with Gasteiger partial charge in [-0.05, 0) is 54.9 Å². The van der Waals surface area contributed by atoms with E-state index in [0.29, 0.717) is 20.9 Å². The molecule has 0 fully saturated rings. The first kappa shape index (κ1) is 18.8. The Morgan fingerprint density at radius 2 is 2.04 bits per heavy atom. The molecule has 0 spiro atoms. The van der Waals surface area contributed by atoms with E-state index < -0.39 is 17.7 Å². The quantitative estimate of drug-likeness (QED) is 0.806. The van der Waals surface area contributed by atoms with Crippen LogP contribution in [0.25, 0.3) is 10.9 Å². The number of carboxylic acid groups (broad SMARTS) is 1. The lowest BCUT2D eigenvalue weighted by atomic mass is 10.2. The monoisotopic (exact) mass is 407 g/mol. The summed E-state index contributed by atoms with van der Waals surface area (Å²) in [7, 11) is 0. The first-order valence-electron chi connectivity index (χ1n) is 7.55. The standard InChI is InChI=1S/C17H18BrN3O4/c1-17(2,3)25-16(24)20-4-5-21-13(15(22)23)8-11-6-10(9-19)7-12(18)14(11)21/h6-8H,4-5H2,1-3H3,(H,20,24)(H,22,23). The van der Waals surface area contributed by atoms with Crippen molar-refractivity contribution in [3.63, 3.8) is 0 Å². The lowest BCUT2D eigenvalue weighted by Crippen LogP contribution is -2.34. The van der Waals surface area contributed by atoms with Gasteiger partial charge in [-0.3, -0.25) is 0 Å². The van der Waals surface area contributed by atoms with Crippen molar-refractivity contribution in [3.8, 4) is 6.07 Å². The molecule has 1 aromatic heterocycles.